The van der Waals surface area contributed by atoms with Gasteiger partial charge in [-0.25, -0.2) is 0 Å². The maximum Gasteiger partial charge on any atom is 0.120 e. The van der Waals surface area contributed by atoms with E-state index in [1.807, 2.05) is 6.20 Å². The predicted molar refractivity (Wildman–Crippen MR) is 75.7 cm³/mol. The van der Waals surface area contributed by atoms with Gasteiger partial charge in [0.05, 0.1) is 0 Å². The van der Waals surface area contributed by atoms with E-state index in [4.69, 9.17) is 0 Å². The summed E-state index contributed by atoms with van der Waals surface area (Å²) < 4.78 is 0. The van der Waals surface area contributed by atoms with Crippen molar-refractivity contribution >= 4 is 0 Å². The van der Waals surface area contributed by atoms with E-state index >= 15 is 0 Å². The number of rotatable bonds is 4. The van der Waals surface area contributed by atoms with Gasteiger partial charge in [-0.05, 0) is 64.7 Å². The van der Waals surface area contributed by atoms with Gasteiger partial charge in [0.1, 0.15) is 5.54 Å². The van der Waals surface area contributed by atoms with Crippen LogP contribution < -0.4 is 10.7 Å². The van der Waals surface area contributed by atoms with Crippen LogP contribution in [0.4, 0.5) is 0 Å². The summed E-state index contributed by atoms with van der Waals surface area (Å²) in [6.07, 6.45) is 7.78. The molecule has 1 saturated carbocycles. The quantitative estimate of drug-likeness (QED) is 0.811. The molecule has 0 bridgehead atoms. The molecular formula is C14H25N5. The highest BCUT2D eigenvalue weighted by Crippen LogP contribution is 2.42. The Morgan fingerprint density at radius 3 is 2.84 bits per heavy atom. The number of hydrogen-bond donors (Lipinski definition) is 2. The number of likely N-dealkylation sites (tertiary alicyclic amines) is 1. The van der Waals surface area contributed by atoms with Gasteiger partial charge >= 0.3 is 0 Å². The third-order valence-corrected chi connectivity index (χ3v) is 4.75. The molecule has 2 N–H and O–H groups in total. The van der Waals surface area contributed by atoms with Crippen LogP contribution in [-0.4, -0.2) is 42.2 Å². The van der Waals surface area contributed by atoms with Crippen LogP contribution in [0.5, 0.6) is 0 Å². The molecule has 19 heavy (non-hydrogen) atoms. The highest BCUT2D eigenvalue weighted by atomic mass is 15.5. The van der Waals surface area contributed by atoms with Crippen molar-refractivity contribution in [2.45, 2.75) is 50.7 Å². The van der Waals surface area contributed by atoms with Crippen LogP contribution in [0.3, 0.4) is 0 Å². The summed E-state index contributed by atoms with van der Waals surface area (Å²) in [6.45, 7) is 8.23. The highest BCUT2D eigenvalue weighted by Gasteiger charge is 2.54. The monoisotopic (exact) mass is 263 g/mol. The van der Waals surface area contributed by atoms with Crippen molar-refractivity contribution in [1.82, 2.24) is 15.6 Å². The molecule has 0 aromatic rings. The van der Waals surface area contributed by atoms with E-state index in [0.29, 0.717) is 12.1 Å². The summed E-state index contributed by atoms with van der Waals surface area (Å²) in [6, 6.07) is 1.19. The van der Waals surface area contributed by atoms with Crippen molar-refractivity contribution in [1.29, 1.82) is 0 Å². The minimum absolute atomic E-state index is 0.0239. The first-order valence-corrected chi connectivity index (χ1v) is 7.52. The third-order valence-electron chi connectivity index (χ3n) is 4.75. The van der Waals surface area contributed by atoms with Gasteiger partial charge < -0.3 is 10.2 Å². The van der Waals surface area contributed by atoms with Crippen LogP contribution in [0, 0.1) is 5.92 Å². The second-order valence-electron chi connectivity index (χ2n) is 6.39. The molecule has 0 unspecified atom stereocenters. The van der Waals surface area contributed by atoms with E-state index in [9.17, 15) is 0 Å². The largest absolute Gasteiger partial charge is 0.311 e. The van der Waals surface area contributed by atoms with Crippen molar-refractivity contribution in [3.63, 3.8) is 0 Å². The second kappa shape index (κ2) is 5.21. The average molecular weight is 263 g/mol. The average Bonchev–Trinajstić information content (AvgIpc) is 3.10. The Bertz CT molecular complexity index is 356. The number of hydrogen-bond acceptors (Lipinski definition) is 5. The molecule has 0 amide bonds. The van der Waals surface area contributed by atoms with Crippen molar-refractivity contribution in [3.8, 4) is 0 Å². The molecule has 2 atom stereocenters. The van der Waals surface area contributed by atoms with Gasteiger partial charge in [-0.15, -0.1) is 0 Å². The zero-order valence-electron chi connectivity index (χ0n) is 12.0. The van der Waals surface area contributed by atoms with Gasteiger partial charge in [0.25, 0.3) is 0 Å². The van der Waals surface area contributed by atoms with E-state index in [1.54, 1.807) is 0 Å². The van der Waals surface area contributed by atoms with Gasteiger partial charge in [0.15, 0.2) is 0 Å². The SMILES string of the molecule is CC(C)N1CCC(CN[C@@H]2C[C@]23C=CNN=N3)CC1. The first-order chi connectivity index (χ1) is 9.20. The lowest BCUT2D eigenvalue weighted by atomic mass is 9.96. The molecule has 2 fully saturated rings. The Morgan fingerprint density at radius 2 is 2.21 bits per heavy atom. The Hall–Kier alpha value is -0.940. The maximum atomic E-state index is 4.31. The summed E-state index contributed by atoms with van der Waals surface area (Å²) in [4.78, 5) is 2.58. The molecule has 5 nitrogen and oxygen atoms in total. The van der Waals surface area contributed by atoms with Crippen LogP contribution >= 0.6 is 0 Å². The Labute approximate surface area is 115 Å². The Balaban J connectivity index is 1.39. The molecule has 0 radical (unpaired) electrons. The normalized spacial score (nSPS) is 35.0. The van der Waals surface area contributed by atoms with E-state index in [1.165, 1.54) is 25.9 Å². The zero-order chi connectivity index (χ0) is 13.3. The fourth-order valence-electron chi connectivity index (χ4n) is 3.16. The van der Waals surface area contributed by atoms with Gasteiger partial charge in [-0.1, -0.05) is 5.22 Å². The smallest absolute Gasteiger partial charge is 0.120 e. The summed E-state index contributed by atoms with van der Waals surface area (Å²) >= 11 is 0. The van der Waals surface area contributed by atoms with Crippen molar-refractivity contribution in [3.05, 3.63) is 12.3 Å². The van der Waals surface area contributed by atoms with Crippen LogP contribution in [0.15, 0.2) is 22.6 Å². The minimum atomic E-state index is -0.0239. The fraction of sp³-hybridized carbons (Fsp3) is 0.857. The molecule has 5 heteroatoms. The first kappa shape index (κ1) is 13.1. The summed E-state index contributed by atoms with van der Waals surface area (Å²) in [7, 11) is 0. The topological polar surface area (TPSA) is 52.0 Å². The molecule has 106 valence electrons. The van der Waals surface area contributed by atoms with Gasteiger partial charge in [-0.2, -0.15) is 5.11 Å². The van der Waals surface area contributed by atoms with Gasteiger partial charge in [0.2, 0.25) is 0 Å². The van der Waals surface area contributed by atoms with E-state index in [-0.39, 0.29) is 5.54 Å². The maximum absolute atomic E-state index is 4.31. The Kier molecular flexibility index (Phi) is 3.58. The van der Waals surface area contributed by atoms with Crippen molar-refractivity contribution in [2.75, 3.05) is 19.6 Å². The van der Waals surface area contributed by atoms with Crippen LogP contribution in [-0.2, 0) is 0 Å². The molecule has 3 rings (SSSR count). The van der Waals surface area contributed by atoms with Crippen LogP contribution in [0.1, 0.15) is 33.1 Å². The lowest BCUT2D eigenvalue weighted by Gasteiger charge is -2.34. The summed E-state index contributed by atoms with van der Waals surface area (Å²) in [5.74, 6) is 0.829. The highest BCUT2D eigenvalue weighted by molar-refractivity contribution is 5.27. The van der Waals surface area contributed by atoms with E-state index < -0.39 is 0 Å². The number of nitrogens with one attached hydrogen (secondary N) is 2. The molecular weight excluding hydrogens is 238 g/mol. The molecule has 2 heterocycles. The zero-order valence-corrected chi connectivity index (χ0v) is 12.0. The lowest BCUT2D eigenvalue weighted by Crippen LogP contribution is -2.41. The predicted octanol–water partition coefficient (Wildman–Crippen LogP) is 1.69. The van der Waals surface area contributed by atoms with Gasteiger partial charge in [-0.3, -0.25) is 5.43 Å². The van der Waals surface area contributed by atoms with Crippen molar-refractivity contribution < 1.29 is 0 Å². The molecule has 1 saturated heterocycles. The molecule has 3 aliphatic rings. The molecule has 2 aliphatic heterocycles. The Morgan fingerprint density at radius 1 is 1.42 bits per heavy atom. The molecule has 0 aromatic carbocycles. The molecule has 0 aromatic heterocycles. The minimum Gasteiger partial charge on any atom is -0.311 e. The van der Waals surface area contributed by atoms with Gasteiger partial charge in [0, 0.05) is 18.3 Å². The standard InChI is InChI=1S/C14H25N5/c1-11(2)19-7-3-12(4-8-19)10-15-13-9-14(13)5-6-16-18-17-14/h5-6,11-13,15H,3-4,7-10H2,1-2H3,(H,16,17)/t13-,14-/m1/s1. The second-order valence-corrected chi connectivity index (χ2v) is 6.39. The fourth-order valence-corrected chi connectivity index (χ4v) is 3.16. The third kappa shape index (κ3) is 2.82. The summed E-state index contributed by atoms with van der Waals surface area (Å²) in [5.41, 5.74) is 2.74. The van der Waals surface area contributed by atoms with Crippen molar-refractivity contribution in [2.24, 2.45) is 16.3 Å². The van der Waals surface area contributed by atoms with Crippen LogP contribution in [0.2, 0.25) is 0 Å². The lowest BCUT2D eigenvalue weighted by molar-refractivity contribution is 0.148. The van der Waals surface area contributed by atoms with Crippen LogP contribution in [0.25, 0.3) is 0 Å². The summed E-state index contributed by atoms with van der Waals surface area (Å²) in [5, 5.41) is 11.9. The first-order valence-electron chi connectivity index (χ1n) is 7.52. The molecule has 1 spiro atoms. The molecule has 1 aliphatic carbocycles. The van der Waals surface area contributed by atoms with E-state index in [0.717, 1.165) is 18.9 Å². The number of nitrogens with zero attached hydrogens (tertiary/aromatic N) is 3. The number of piperidine rings is 1. The van der Waals surface area contributed by atoms with E-state index in [2.05, 4.69) is 45.9 Å².